The molecule has 0 unspecified atom stereocenters. The van der Waals surface area contributed by atoms with Crippen LogP contribution in [-0.4, -0.2) is 14.8 Å². The molecule has 0 aliphatic rings. The first-order valence-corrected chi connectivity index (χ1v) is 3.76. The number of nitrogens with zero attached hydrogens (tertiary/aromatic N) is 3. The first-order chi connectivity index (χ1) is 4.93. The third kappa shape index (κ3) is 2.17. The van der Waals surface area contributed by atoms with Crippen LogP contribution in [0.3, 0.4) is 0 Å². The highest BCUT2D eigenvalue weighted by atomic mass is 15.2. The first-order valence-electron chi connectivity index (χ1n) is 3.76. The molecule has 0 atom stereocenters. The van der Waals surface area contributed by atoms with Gasteiger partial charge in [0, 0.05) is 6.54 Å². The van der Waals surface area contributed by atoms with Gasteiger partial charge in [-0.15, -0.1) is 10.2 Å². The van der Waals surface area contributed by atoms with E-state index in [1.165, 1.54) is 19.3 Å². The summed E-state index contributed by atoms with van der Waals surface area (Å²) in [6.45, 7) is 3.26. The molecule has 0 spiro atoms. The van der Waals surface area contributed by atoms with E-state index in [1.807, 2.05) is 4.57 Å². The Balaban J connectivity index is 2.15. The molecule has 0 N–H and O–H groups in total. The molecular weight excluding hydrogens is 126 g/mol. The fourth-order valence-corrected chi connectivity index (χ4v) is 0.882. The summed E-state index contributed by atoms with van der Waals surface area (Å²) in [5.41, 5.74) is 0. The molecule has 3 heteroatoms. The summed E-state index contributed by atoms with van der Waals surface area (Å²) in [4.78, 5) is 0. The van der Waals surface area contributed by atoms with E-state index < -0.39 is 0 Å². The highest BCUT2D eigenvalue weighted by Crippen LogP contribution is 1.96. The quantitative estimate of drug-likeness (QED) is 0.591. The molecule has 0 aliphatic heterocycles. The van der Waals surface area contributed by atoms with E-state index in [0.29, 0.717) is 0 Å². The maximum atomic E-state index is 3.71. The van der Waals surface area contributed by atoms with Crippen molar-refractivity contribution in [3.05, 3.63) is 12.7 Å². The third-order valence-electron chi connectivity index (χ3n) is 1.49. The van der Waals surface area contributed by atoms with Gasteiger partial charge < -0.3 is 4.57 Å². The maximum absolute atomic E-state index is 3.71. The molecule has 10 heavy (non-hydrogen) atoms. The van der Waals surface area contributed by atoms with Crippen LogP contribution in [0.25, 0.3) is 0 Å². The molecule has 0 bridgehead atoms. The standard InChI is InChI=1S/C7H13N3/c1-2-3-4-5-10-6-8-9-7-10/h6-7H,2-5H2,1H3. The Labute approximate surface area is 61.1 Å². The third-order valence-corrected chi connectivity index (χ3v) is 1.49. The van der Waals surface area contributed by atoms with Crippen LogP contribution in [0.4, 0.5) is 0 Å². The Bertz CT molecular complexity index is 157. The summed E-state index contributed by atoms with van der Waals surface area (Å²) in [5.74, 6) is 0. The number of hydrogen-bond donors (Lipinski definition) is 0. The van der Waals surface area contributed by atoms with Crippen LogP contribution in [0.15, 0.2) is 12.7 Å². The Morgan fingerprint density at radius 3 is 2.50 bits per heavy atom. The van der Waals surface area contributed by atoms with Gasteiger partial charge in [-0.2, -0.15) is 0 Å². The lowest BCUT2D eigenvalue weighted by Gasteiger charge is -1.97. The van der Waals surface area contributed by atoms with Crippen LogP contribution in [0, 0.1) is 0 Å². The van der Waals surface area contributed by atoms with Crippen molar-refractivity contribution in [2.75, 3.05) is 0 Å². The summed E-state index contributed by atoms with van der Waals surface area (Å²) in [6.07, 6.45) is 7.31. The van der Waals surface area contributed by atoms with Gasteiger partial charge in [-0.05, 0) is 6.42 Å². The lowest BCUT2D eigenvalue weighted by Crippen LogP contribution is -1.93. The molecule has 0 aromatic carbocycles. The van der Waals surface area contributed by atoms with Gasteiger partial charge in [-0.3, -0.25) is 0 Å². The molecule has 0 amide bonds. The second-order valence-corrected chi connectivity index (χ2v) is 2.41. The van der Waals surface area contributed by atoms with Crippen molar-refractivity contribution in [1.29, 1.82) is 0 Å². The van der Waals surface area contributed by atoms with Crippen molar-refractivity contribution in [2.24, 2.45) is 0 Å². The molecule has 0 radical (unpaired) electrons. The zero-order valence-corrected chi connectivity index (χ0v) is 6.32. The van der Waals surface area contributed by atoms with Crippen molar-refractivity contribution in [3.8, 4) is 0 Å². The van der Waals surface area contributed by atoms with Crippen molar-refractivity contribution >= 4 is 0 Å². The largest absolute Gasteiger partial charge is 0.320 e. The molecule has 0 fully saturated rings. The first kappa shape index (κ1) is 7.25. The summed E-state index contributed by atoms with van der Waals surface area (Å²) < 4.78 is 2.01. The molecule has 56 valence electrons. The SMILES string of the molecule is CCCCCn1cnnc1. The van der Waals surface area contributed by atoms with Crippen LogP contribution in [0.5, 0.6) is 0 Å². The smallest absolute Gasteiger partial charge is 0.119 e. The van der Waals surface area contributed by atoms with E-state index in [9.17, 15) is 0 Å². The van der Waals surface area contributed by atoms with Gasteiger partial charge in [0.25, 0.3) is 0 Å². The Kier molecular flexibility index (Phi) is 2.93. The fourth-order valence-electron chi connectivity index (χ4n) is 0.882. The Hall–Kier alpha value is -0.860. The molecule has 1 heterocycles. The van der Waals surface area contributed by atoms with Gasteiger partial charge in [0.1, 0.15) is 12.7 Å². The van der Waals surface area contributed by atoms with Gasteiger partial charge in [-0.1, -0.05) is 19.8 Å². The predicted octanol–water partition coefficient (Wildman–Crippen LogP) is 1.47. The average molecular weight is 139 g/mol. The van der Waals surface area contributed by atoms with E-state index in [1.54, 1.807) is 12.7 Å². The lowest BCUT2D eigenvalue weighted by atomic mass is 10.2. The van der Waals surface area contributed by atoms with Crippen LogP contribution < -0.4 is 0 Å². The van der Waals surface area contributed by atoms with Crippen LogP contribution >= 0.6 is 0 Å². The number of hydrogen-bond acceptors (Lipinski definition) is 2. The van der Waals surface area contributed by atoms with Gasteiger partial charge in [0.15, 0.2) is 0 Å². The summed E-state index contributed by atoms with van der Waals surface area (Å²) in [7, 11) is 0. The van der Waals surface area contributed by atoms with Crippen molar-refractivity contribution in [1.82, 2.24) is 14.8 Å². The van der Waals surface area contributed by atoms with E-state index >= 15 is 0 Å². The van der Waals surface area contributed by atoms with Crippen LogP contribution in [0.1, 0.15) is 26.2 Å². The molecule has 1 aromatic rings. The van der Waals surface area contributed by atoms with E-state index in [-0.39, 0.29) is 0 Å². The Morgan fingerprint density at radius 2 is 1.90 bits per heavy atom. The van der Waals surface area contributed by atoms with E-state index in [0.717, 1.165) is 6.54 Å². The highest BCUT2D eigenvalue weighted by Gasteiger charge is 1.88. The summed E-state index contributed by atoms with van der Waals surface area (Å²) in [5, 5.41) is 7.43. The van der Waals surface area contributed by atoms with Gasteiger partial charge in [0.2, 0.25) is 0 Å². The monoisotopic (exact) mass is 139 g/mol. The highest BCUT2D eigenvalue weighted by molar-refractivity contribution is 4.59. The van der Waals surface area contributed by atoms with Gasteiger partial charge in [0.05, 0.1) is 0 Å². The molecule has 0 saturated carbocycles. The van der Waals surface area contributed by atoms with E-state index in [2.05, 4.69) is 17.1 Å². The fraction of sp³-hybridized carbons (Fsp3) is 0.714. The number of aryl methyl sites for hydroxylation is 1. The molecule has 0 saturated heterocycles. The zero-order chi connectivity index (χ0) is 7.23. The summed E-state index contributed by atoms with van der Waals surface area (Å²) >= 11 is 0. The van der Waals surface area contributed by atoms with Crippen molar-refractivity contribution in [2.45, 2.75) is 32.7 Å². The molecule has 0 aliphatic carbocycles. The molecular formula is C7H13N3. The van der Waals surface area contributed by atoms with E-state index in [4.69, 9.17) is 0 Å². The minimum atomic E-state index is 1.06. The molecule has 1 rings (SSSR count). The van der Waals surface area contributed by atoms with Crippen LogP contribution in [0.2, 0.25) is 0 Å². The maximum Gasteiger partial charge on any atom is 0.119 e. The zero-order valence-electron chi connectivity index (χ0n) is 6.32. The predicted molar refractivity (Wildman–Crippen MR) is 39.5 cm³/mol. The van der Waals surface area contributed by atoms with Crippen molar-refractivity contribution in [3.63, 3.8) is 0 Å². The minimum Gasteiger partial charge on any atom is -0.320 e. The van der Waals surface area contributed by atoms with Gasteiger partial charge >= 0.3 is 0 Å². The topological polar surface area (TPSA) is 30.7 Å². The second-order valence-electron chi connectivity index (χ2n) is 2.41. The number of unbranched alkanes of at least 4 members (excludes halogenated alkanes) is 2. The Morgan fingerprint density at radius 1 is 1.20 bits per heavy atom. The lowest BCUT2D eigenvalue weighted by molar-refractivity contribution is 0.600. The number of rotatable bonds is 4. The summed E-state index contributed by atoms with van der Waals surface area (Å²) in [6, 6.07) is 0. The second kappa shape index (κ2) is 4.04. The van der Waals surface area contributed by atoms with Crippen LogP contribution in [-0.2, 0) is 6.54 Å². The van der Waals surface area contributed by atoms with Crippen molar-refractivity contribution < 1.29 is 0 Å². The minimum absolute atomic E-state index is 1.06. The average Bonchev–Trinajstić information content (AvgIpc) is 2.41. The normalized spacial score (nSPS) is 10.1. The van der Waals surface area contributed by atoms with Gasteiger partial charge in [-0.25, -0.2) is 0 Å². The number of aromatic nitrogens is 3. The molecule has 1 aromatic heterocycles. The molecule has 3 nitrogen and oxygen atoms in total.